The Balaban J connectivity index is 2.03. The standard InChI is InChI=1S/C13H17N3O3S2/c1-20-4-2-9(7-17)15-11(18)6-16-8-14-10-3-5-21-12(10)13(16)19/h3,5,8-9,17H,2,4,6-7H2,1H3,(H,15,18)/t9-/m0/s1. The number of nitrogens with one attached hydrogen (secondary N) is 1. The zero-order chi connectivity index (χ0) is 15.2. The van der Waals surface area contributed by atoms with E-state index in [2.05, 4.69) is 10.3 Å². The molecule has 0 unspecified atom stereocenters. The first-order chi connectivity index (χ1) is 10.2. The van der Waals surface area contributed by atoms with E-state index < -0.39 is 0 Å². The second-order valence-electron chi connectivity index (χ2n) is 4.54. The second-order valence-corrected chi connectivity index (χ2v) is 6.44. The van der Waals surface area contributed by atoms with Gasteiger partial charge in [-0.3, -0.25) is 14.2 Å². The number of aliphatic hydroxyl groups is 1. The first-order valence-corrected chi connectivity index (χ1v) is 8.75. The third-order valence-electron chi connectivity index (χ3n) is 3.01. The topological polar surface area (TPSA) is 84.2 Å². The van der Waals surface area contributed by atoms with Crippen LogP contribution in [0.1, 0.15) is 6.42 Å². The maximum Gasteiger partial charge on any atom is 0.271 e. The Morgan fingerprint density at radius 1 is 1.62 bits per heavy atom. The van der Waals surface area contributed by atoms with Crippen molar-refractivity contribution in [1.82, 2.24) is 14.9 Å². The van der Waals surface area contributed by atoms with Crippen LogP contribution in [0, 0.1) is 0 Å². The molecule has 2 heterocycles. The second kappa shape index (κ2) is 7.58. The van der Waals surface area contributed by atoms with Crippen LogP contribution in [0.5, 0.6) is 0 Å². The van der Waals surface area contributed by atoms with E-state index in [1.807, 2.05) is 6.26 Å². The van der Waals surface area contributed by atoms with Crippen molar-refractivity contribution in [3.05, 3.63) is 28.1 Å². The molecular weight excluding hydrogens is 310 g/mol. The predicted molar refractivity (Wildman–Crippen MR) is 85.9 cm³/mol. The maximum absolute atomic E-state index is 12.2. The number of carbonyl (C=O) groups excluding carboxylic acids is 1. The Bertz CT molecular complexity index is 668. The van der Waals surface area contributed by atoms with Crippen LogP contribution < -0.4 is 10.9 Å². The first-order valence-electron chi connectivity index (χ1n) is 6.47. The third kappa shape index (κ3) is 4.05. The van der Waals surface area contributed by atoms with Crippen molar-refractivity contribution in [2.45, 2.75) is 19.0 Å². The van der Waals surface area contributed by atoms with E-state index >= 15 is 0 Å². The van der Waals surface area contributed by atoms with Crippen molar-refractivity contribution in [2.24, 2.45) is 0 Å². The lowest BCUT2D eigenvalue weighted by Crippen LogP contribution is -2.41. The monoisotopic (exact) mass is 327 g/mol. The molecular formula is C13H17N3O3S2. The average Bonchev–Trinajstić information content (AvgIpc) is 2.95. The normalized spacial score (nSPS) is 12.5. The number of fused-ring (bicyclic) bond motifs is 1. The van der Waals surface area contributed by atoms with Crippen LogP contribution in [0.4, 0.5) is 0 Å². The van der Waals surface area contributed by atoms with E-state index in [1.54, 1.807) is 23.2 Å². The molecule has 2 aromatic rings. The number of amides is 1. The highest BCUT2D eigenvalue weighted by atomic mass is 32.2. The number of carbonyl (C=O) groups is 1. The molecule has 0 saturated carbocycles. The van der Waals surface area contributed by atoms with E-state index in [-0.39, 0.29) is 30.7 Å². The molecule has 0 fully saturated rings. The van der Waals surface area contributed by atoms with Gasteiger partial charge in [-0.15, -0.1) is 11.3 Å². The summed E-state index contributed by atoms with van der Waals surface area (Å²) in [5.74, 6) is 0.559. The number of aromatic nitrogens is 2. The molecule has 0 bridgehead atoms. The fourth-order valence-electron chi connectivity index (χ4n) is 1.89. The lowest BCUT2D eigenvalue weighted by molar-refractivity contribution is -0.122. The largest absolute Gasteiger partial charge is 0.394 e. The summed E-state index contributed by atoms with van der Waals surface area (Å²) in [4.78, 5) is 28.3. The highest BCUT2D eigenvalue weighted by Gasteiger charge is 2.13. The average molecular weight is 327 g/mol. The molecule has 21 heavy (non-hydrogen) atoms. The number of nitrogens with zero attached hydrogens (tertiary/aromatic N) is 2. The van der Waals surface area contributed by atoms with E-state index in [1.165, 1.54) is 22.2 Å². The van der Waals surface area contributed by atoms with E-state index in [4.69, 9.17) is 0 Å². The maximum atomic E-state index is 12.2. The van der Waals surface area contributed by atoms with E-state index in [0.717, 1.165) is 5.75 Å². The summed E-state index contributed by atoms with van der Waals surface area (Å²) >= 11 is 2.97. The Morgan fingerprint density at radius 3 is 3.14 bits per heavy atom. The van der Waals surface area contributed by atoms with Gasteiger partial charge >= 0.3 is 0 Å². The van der Waals surface area contributed by atoms with Crippen molar-refractivity contribution in [2.75, 3.05) is 18.6 Å². The quantitative estimate of drug-likeness (QED) is 0.781. The fourth-order valence-corrected chi connectivity index (χ4v) is 3.20. The van der Waals surface area contributed by atoms with Gasteiger partial charge < -0.3 is 10.4 Å². The Kier molecular flexibility index (Phi) is 5.77. The summed E-state index contributed by atoms with van der Waals surface area (Å²) in [6.45, 7) is -0.196. The van der Waals surface area contributed by atoms with Gasteiger partial charge in [0.05, 0.1) is 24.5 Å². The molecule has 1 amide bonds. The highest BCUT2D eigenvalue weighted by Crippen LogP contribution is 2.12. The number of thioether (sulfide) groups is 1. The SMILES string of the molecule is CSCC[C@@H](CO)NC(=O)Cn1cnc2ccsc2c1=O. The van der Waals surface area contributed by atoms with E-state index in [9.17, 15) is 14.7 Å². The summed E-state index contributed by atoms with van der Waals surface area (Å²) < 4.78 is 1.84. The minimum Gasteiger partial charge on any atom is -0.394 e. The number of thiophene rings is 1. The first kappa shape index (κ1) is 16.0. The van der Waals surface area contributed by atoms with Crippen molar-refractivity contribution in [1.29, 1.82) is 0 Å². The Labute approximate surface area is 130 Å². The molecule has 2 aromatic heterocycles. The minimum atomic E-state index is -0.296. The number of hydrogen-bond acceptors (Lipinski definition) is 6. The fraction of sp³-hybridized carbons (Fsp3) is 0.462. The number of hydrogen-bond donors (Lipinski definition) is 2. The van der Waals surface area contributed by atoms with Crippen LogP contribution >= 0.6 is 23.1 Å². The molecule has 0 aliphatic rings. The molecule has 0 aromatic carbocycles. The minimum absolute atomic E-state index is 0.0879. The molecule has 1 atom stereocenters. The van der Waals surface area contributed by atoms with Gasteiger partial charge in [-0.05, 0) is 29.9 Å². The molecule has 2 rings (SSSR count). The zero-order valence-electron chi connectivity index (χ0n) is 11.6. The predicted octanol–water partition coefficient (Wildman–Crippen LogP) is 0.688. The van der Waals surface area contributed by atoms with Gasteiger partial charge in [0, 0.05) is 0 Å². The van der Waals surface area contributed by atoms with Crippen LogP contribution in [-0.2, 0) is 11.3 Å². The zero-order valence-corrected chi connectivity index (χ0v) is 13.2. The van der Waals surface area contributed by atoms with Crippen molar-refractivity contribution in [3.63, 3.8) is 0 Å². The number of rotatable bonds is 7. The van der Waals surface area contributed by atoms with Gasteiger partial charge in [-0.25, -0.2) is 4.98 Å². The molecule has 0 aliphatic heterocycles. The summed E-state index contributed by atoms with van der Waals surface area (Å²) in [6.07, 6.45) is 4.05. The smallest absolute Gasteiger partial charge is 0.271 e. The number of aliphatic hydroxyl groups excluding tert-OH is 1. The molecule has 0 saturated heterocycles. The van der Waals surface area contributed by atoms with Crippen molar-refractivity contribution in [3.8, 4) is 0 Å². The van der Waals surface area contributed by atoms with Gasteiger partial charge in [0.15, 0.2) is 0 Å². The molecule has 0 radical (unpaired) electrons. The van der Waals surface area contributed by atoms with Gasteiger partial charge in [0.25, 0.3) is 5.56 Å². The highest BCUT2D eigenvalue weighted by molar-refractivity contribution is 7.98. The van der Waals surface area contributed by atoms with Gasteiger partial charge in [-0.1, -0.05) is 0 Å². The van der Waals surface area contributed by atoms with Crippen LogP contribution in [0.3, 0.4) is 0 Å². The molecule has 0 aliphatic carbocycles. The molecule has 0 spiro atoms. The molecule has 8 heteroatoms. The molecule has 114 valence electrons. The lowest BCUT2D eigenvalue weighted by Gasteiger charge is -2.16. The summed E-state index contributed by atoms with van der Waals surface area (Å²) in [5.41, 5.74) is 0.435. The van der Waals surface area contributed by atoms with Crippen LogP contribution in [0.15, 0.2) is 22.6 Å². The van der Waals surface area contributed by atoms with E-state index in [0.29, 0.717) is 16.6 Å². The van der Waals surface area contributed by atoms with Crippen molar-refractivity contribution < 1.29 is 9.90 Å². The summed E-state index contributed by atoms with van der Waals surface area (Å²) in [5, 5.41) is 13.8. The Morgan fingerprint density at radius 2 is 2.43 bits per heavy atom. The lowest BCUT2D eigenvalue weighted by atomic mass is 10.2. The van der Waals surface area contributed by atoms with Crippen LogP contribution in [0.25, 0.3) is 10.2 Å². The Hall–Kier alpha value is -1.38. The summed E-state index contributed by atoms with van der Waals surface area (Å²) in [7, 11) is 0. The summed E-state index contributed by atoms with van der Waals surface area (Å²) in [6, 6.07) is 1.50. The van der Waals surface area contributed by atoms with Crippen LogP contribution in [-0.4, -0.2) is 45.2 Å². The van der Waals surface area contributed by atoms with Gasteiger partial charge in [-0.2, -0.15) is 11.8 Å². The van der Waals surface area contributed by atoms with Gasteiger partial charge in [0.1, 0.15) is 11.2 Å². The molecule has 2 N–H and O–H groups in total. The van der Waals surface area contributed by atoms with Gasteiger partial charge in [0.2, 0.25) is 5.91 Å². The molecule has 6 nitrogen and oxygen atoms in total. The van der Waals surface area contributed by atoms with Crippen LogP contribution in [0.2, 0.25) is 0 Å². The van der Waals surface area contributed by atoms with Crippen molar-refractivity contribution >= 4 is 39.2 Å². The third-order valence-corrected chi connectivity index (χ3v) is 4.54.